The van der Waals surface area contributed by atoms with Crippen molar-refractivity contribution < 1.29 is 4.42 Å². The van der Waals surface area contributed by atoms with E-state index in [1.165, 1.54) is 44.2 Å². The van der Waals surface area contributed by atoms with E-state index < -0.39 is 0 Å². The average Bonchev–Trinajstić information content (AvgIpc) is 3.64. The lowest BCUT2D eigenvalue weighted by atomic mass is 9.97. The van der Waals surface area contributed by atoms with Crippen LogP contribution in [0.15, 0.2) is 217 Å². The van der Waals surface area contributed by atoms with Crippen molar-refractivity contribution in [2.45, 2.75) is 0 Å². The minimum Gasteiger partial charge on any atom is -0.456 e. The number of hydrogen-bond acceptors (Lipinski definition) is 2. The third kappa shape index (κ3) is 5.71. The normalized spacial score (nSPS) is 11.3. The minimum absolute atomic E-state index is 0.892. The summed E-state index contributed by atoms with van der Waals surface area (Å²) in [5.41, 5.74) is 14.5. The van der Waals surface area contributed by atoms with Gasteiger partial charge in [0.25, 0.3) is 0 Å². The number of furan rings is 1. The van der Waals surface area contributed by atoms with Gasteiger partial charge in [-0.05, 0) is 104 Å². The fourth-order valence-electron chi connectivity index (χ4n) is 7.80. The van der Waals surface area contributed by atoms with Crippen molar-refractivity contribution in [2.75, 3.05) is 4.90 Å². The summed E-state index contributed by atoms with van der Waals surface area (Å²) in [6.07, 6.45) is 0. The smallest absolute Gasteiger partial charge is 0.136 e. The summed E-state index contributed by atoms with van der Waals surface area (Å²) in [4.78, 5) is 2.38. The molecule has 0 unspecified atom stereocenters. The molecule has 9 aromatic carbocycles. The standard InChI is InChI=1S/C52H35NO/c1-3-12-36(13-4-1)38-22-28-44(29-23-38)53(45-30-24-39(25-31-45)42-18-11-17-41(34-42)37-14-5-2-6-15-37)49-21-10-9-19-46(49)43-27-32-50-48(35-43)52-47-20-8-7-16-40(47)26-33-51(52)54-50/h1-35H. The minimum atomic E-state index is 0.892. The van der Waals surface area contributed by atoms with E-state index in [1.54, 1.807) is 0 Å². The number of anilines is 3. The quantitative estimate of drug-likeness (QED) is 0.166. The molecule has 0 aliphatic heterocycles. The van der Waals surface area contributed by atoms with E-state index in [4.69, 9.17) is 4.42 Å². The first-order valence-corrected chi connectivity index (χ1v) is 18.4. The summed E-state index contributed by atoms with van der Waals surface area (Å²) < 4.78 is 6.39. The maximum absolute atomic E-state index is 6.39. The Labute approximate surface area is 314 Å². The predicted octanol–water partition coefficient (Wildman–Crippen LogP) is 14.9. The summed E-state index contributed by atoms with van der Waals surface area (Å²) >= 11 is 0. The zero-order chi connectivity index (χ0) is 35.8. The van der Waals surface area contributed by atoms with Gasteiger partial charge in [-0.3, -0.25) is 0 Å². The van der Waals surface area contributed by atoms with Crippen LogP contribution in [0.5, 0.6) is 0 Å². The zero-order valence-electron chi connectivity index (χ0n) is 29.6. The molecule has 0 fully saturated rings. The third-order valence-corrected chi connectivity index (χ3v) is 10.5. The highest BCUT2D eigenvalue weighted by Crippen LogP contribution is 2.44. The fraction of sp³-hybridized carbons (Fsp3) is 0. The average molecular weight is 690 g/mol. The number of benzene rings is 9. The topological polar surface area (TPSA) is 16.4 Å². The van der Waals surface area contributed by atoms with Gasteiger partial charge >= 0.3 is 0 Å². The molecular weight excluding hydrogens is 655 g/mol. The van der Waals surface area contributed by atoms with E-state index in [0.717, 1.165) is 50.1 Å². The van der Waals surface area contributed by atoms with E-state index in [9.17, 15) is 0 Å². The Morgan fingerprint density at radius 3 is 1.54 bits per heavy atom. The second-order valence-corrected chi connectivity index (χ2v) is 13.7. The van der Waals surface area contributed by atoms with E-state index in [2.05, 4.69) is 217 Å². The van der Waals surface area contributed by atoms with Crippen molar-refractivity contribution in [3.05, 3.63) is 212 Å². The van der Waals surface area contributed by atoms with Gasteiger partial charge in [-0.2, -0.15) is 0 Å². The number of para-hydroxylation sites is 1. The molecule has 1 aromatic heterocycles. The predicted molar refractivity (Wildman–Crippen MR) is 228 cm³/mol. The van der Waals surface area contributed by atoms with Crippen LogP contribution in [0.4, 0.5) is 17.1 Å². The molecule has 0 spiro atoms. The van der Waals surface area contributed by atoms with Crippen LogP contribution in [-0.4, -0.2) is 0 Å². The van der Waals surface area contributed by atoms with Gasteiger partial charge in [-0.1, -0.05) is 158 Å². The lowest BCUT2D eigenvalue weighted by Gasteiger charge is -2.28. The molecule has 10 aromatic rings. The molecule has 0 N–H and O–H groups in total. The highest BCUT2D eigenvalue weighted by Gasteiger charge is 2.19. The van der Waals surface area contributed by atoms with Crippen molar-refractivity contribution in [3.8, 4) is 44.5 Å². The summed E-state index contributed by atoms with van der Waals surface area (Å²) in [6.45, 7) is 0. The maximum Gasteiger partial charge on any atom is 0.136 e. The largest absolute Gasteiger partial charge is 0.456 e. The molecule has 0 amide bonds. The molecule has 0 saturated heterocycles. The molecule has 0 aliphatic rings. The van der Waals surface area contributed by atoms with Gasteiger partial charge in [0.05, 0.1) is 5.69 Å². The van der Waals surface area contributed by atoms with Gasteiger partial charge < -0.3 is 9.32 Å². The fourth-order valence-corrected chi connectivity index (χ4v) is 7.80. The Morgan fingerprint density at radius 2 is 0.833 bits per heavy atom. The number of hydrogen-bond donors (Lipinski definition) is 0. The first-order valence-electron chi connectivity index (χ1n) is 18.4. The molecule has 2 nitrogen and oxygen atoms in total. The highest BCUT2D eigenvalue weighted by molar-refractivity contribution is 6.19. The SMILES string of the molecule is c1ccc(-c2ccc(N(c3ccc(-c4cccc(-c5ccccc5)c4)cc3)c3ccccc3-c3ccc4oc5ccc6ccccc6c5c4c3)cc2)cc1. The highest BCUT2D eigenvalue weighted by atomic mass is 16.3. The zero-order valence-corrected chi connectivity index (χ0v) is 29.6. The van der Waals surface area contributed by atoms with E-state index in [0.29, 0.717) is 0 Å². The lowest BCUT2D eigenvalue weighted by Crippen LogP contribution is -2.11. The van der Waals surface area contributed by atoms with Crippen LogP contribution in [0, 0.1) is 0 Å². The summed E-state index contributed by atoms with van der Waals surface area (Å²) in [5, 5.41) is 4.69. The van der Waals surface area contributed by atoms with E-state index in [1.807, 2.05) is 0 Å². The van der Waals surface area contributed by atoms with E-state index >= 15 is 0 Å². The van der Waals surface area contributed by atoms with Gasteiger partial charge in [-0.15, -0.1) is 0 Å². The van der Waals surface area contributed by atoms with E-state index in [-0.39, 0.29) is 0 Å². The van der Waals surface area contributed by atoms with Crippen molar-refractivity contribution in [1.82, 2.24) is 0 Å². The lowest BCUT2D eigenvalue weighted by molar-refractivity contribution is 0.669. The summed E-state index contributed by atoms with van der Waals surface area (Å²) in [7, 11) is 0. The number of rotatable bonds is 7. The Balaban J connectivity index is 1.10. The Bertz CT molecular complexity index is 2910. The van der Waals surface area contributed by atoms with Crippen LogP contribution in [0.3, 0.4) is 0 Å². The third-order valence-electron chi connectivity index (χ3n) is 10.5. The second kappa shape index (κ2) is 13.4. The van der Waals surface area contributed by atoms with Crippen LogP contribution in [0.2, 0.25) is 0 Å². The number of nitrogens with zero attached hydrogens (tertiary/aromatic N) is 1. The Kier molecular flexibility index (Phi) is 7.85. The molecule has 1 heterocycles. The van der Waals surface area contributed by atoms with Gasteiger partial charge in [0, 0.05) is 27.7 Å². The molecular formula is C52H35NO. The van der Waals surface area contributed by atoms with Crippen molar-refractivity contribution in [2.24, 2.45) is 0 Å². The molecule has 10 rings (SSSR count). The Morgan fingerprint density at radius 1 is 0.315 bits per heavy atom. The maximum atomic E-state index is 6.39. The molecule has 0 saturated carbocycles. The van der Waals surface area contributed by atoms with Crippen LogP contribution < -0.4 is 4.90 Å². The molecule has 2 heteroatoms. The van der Waals surface area contributed by atoms with Crippen LogP contribution in [0.25, 0.3) is 77.2 Å². The van der Waals surface area contributed by atoms with Crippen molar-refractivity contribution in [1.29, 1.82) is 0 Å². The monoisotopic (exact) mass is 689 g/mol. The second-order valence-electron chi connectivity index (χ2n) is 13.7. The summed E-state index contributed by atoms with van der Waals surface area (Å²) in [6, 6.07) is 75.9. The molecule has 0 aliphatic carbocycles. The molecule has 254 valence electrons. The van der Waals surface area contributed by atoms with Gasteiger partial charge in [0.15, 0.2) is 0 Å². The summed E-state index contributed by atoms with van der Waals surface area (Å²) in [5.74, 6) is 0. The van der Waals surface area contributed by atoms with Gasteiger partial charge in [0.1, 0.15) is 11.2 Å². The molecule has 0 radical (unpaired) electrons. The first kappa shape index (κ1) is 31.6. The van der Waals surface area contributed by atoms with Crippen LogP contribution in [-0.2, 0) is 0 Å². The Hall–Kier alpha value is -7.16. The van der Waals surface area contributed by atoms with Crippen molar-refractivity contribution in [3.63, 3.8) is 0 Å². The van der Waals surface area contributed by atoms with Crippen LogP contribution >= 0.6 is 0 Å². The number of fused-ring (bicyclic) bond motifs is 5. The van der Waals surface area contributed by atoms with Gasteiger partial charge in [0.2, 0.25) is 0 Å². The van der Waals surface area contributed by atoms with Gasteiger partial charge in [-0.25, -0.2) is 0 Å². The van der Waals surface area contributed by atoms with Crippen LogP contribution in [0.1, 0.15) is 0 Å². The van der Waals surface area contributed by atoms with Crippen molar-refractivity contribution >= 4 is 49.8 Å². The molecule has 54 heavy (non-hydrogen) atoms. The molecule has 0 bridgehead atoms. The first-order chi connectivity index (χ1) is 26.8. The molecule has 0 atom stereocenters.